The standard InChI is InChI=1S/C11H16ClN3O4.C6H8BrN3O2.C6H10Cl2O2.C6H8ClN3O2.C5H7N3O2.C4H5N3O2.C2H4O2.BrH.Li/c1-6-13-9(15(17)18)8(14(6)5)7(12)10(16)19-11(2,3)4;1-4-8-6(10(11)12)5(3-7)9(4)2;1-6(2,3)10-5(9)4(7)8;1-4-8-6(10(11)12)5(3-7)9(4)2;1-4-6-5(8(9)10)3-7(4)2;1-3-5-2-4(6-3)7(8)9;1-2(3)4;;/h7H,1-5H3;3H2,1-2H3;4H,1-3H3;3H2,1-2H3;3H,1-2H3;2H,1H3,(H,5,6);1H3,(H,3,4);1H;/q;;;;;;;;+1/p-1. The molecule has 5 heterocycles. The predicted molar refractivity (Wildman–Crippen MR) is 280 cm³/mol. The predicted octanol–water partition coefficient (Wildman–Crippen LogP) is 2.66. The van der Waals surface area contributed by atoms with Crippen molar-refractivity contribution in [3.63, 3.8) is 0 Å². The molecule has 0 radical (unpaired) electrons. The van der Waals surface area contributed by atoms with Gasteiger partial charge in [-0.3, -0.25) is 4.79 Å². The quantitative estimate of drug-likeness (QED) is 0.0667. The maximum Gasteiger partial charge on any atom is 1.00 e. The van der Waals surface area contributed by atoms with Gasteiger partial charge in [0.15, 0.2) is 11.2 Å². The molecule has 0 saturated heterocycles. The van der Waals surface area contributed by atoms with Gasteiger partial charge >= 0.3 is 59.9 Å². The summed E-state index contributed by atoms with van der Waals surface area (Å²) >= 11 is 25.1. The summed E-state index contributed by atoms with van der Waals surface area (Å²) in [6.45, 7) is 19.8. The van der Waals surface area contributed by atoms with E-state index < -0.39 is 69.8 Å². The fourth-order valence-corrected chi connectivity index (χ4v) is 6.14. The first-order valence-electron chi connectivity index (χ1n) is 21.1. The van der Waals surface area contributed by atoms with Gasteiger partial charge in [-0.25, -0.2) is 19.6 Å². The van der Waals surface area contributed by atoms with Crippen LogP contribution in [0.5, 0.6) is 0 Å². The minimum Gasteiger partial charge on any atom is -1.00 e. The fraction of sp³-hybridized carbons (Fsp3) is 0.550. The number of rotatable bonds is 10. The molecule has 432 valence electrons. The van der Waals surface area contributed by atoms with E-state index in [1.54, 1.807) is 118 Å². The summed E-state index contributed by atoms with van der Waals surface area (Å²) in [5.74, 6) is -0.0163. The molecular weight excluding hydrogens is 1260 g/mol. The molecule has 31 nitrogen and oxygen atoms in total. The molecule has 38 heteroatoms. The molecule has 2 N–H and O–H groups in total. The number of carbonyl (C=O) groups excluding carboxylic acids is 2. The van der Waals surface area contributed by atoms with Gasteiger partial charge in [-0.1, -0.05) is 39.1 Å². The molecule has 5 rings (SSSR count). The fourth-order valence-electron chi connectivity index (χ4n) is 4.84. The third-order valence-electron chi connectivity index (χ3n) is 8.56. The first-order valence-corrected chi connectivity index (χ1v) is 24.0. The Balaban J connectivity index is -0.000000420. The Hall–Kier alpha value is -5.82. The van der Waals surface area contributed by atoms with Gasteiger partial charge in [0, 0.05) is 69.7 Å². The molecule has 0 aromatic carbocycles. The molecule has 5 aromatic heterocycles. The third kappa shape index (κ3) is 28.2. The van der Waals surface area contributed by atoms with Crippen LogP contribution in [0, 0.1) is 85.2 Å². The van der Waals surface area contributed by atoms with Crippen molar-refractivity contribution in [1.29, 1.82) is 0 Å². The van der Waals surface area contributed by atoms with Crippen molar-refractivity contribution in [3.8, 4) is 0 Å². The Morgan fingerprint density at radius 3 is 1.31 bits per heavy atom. The normalized spacial score (nSPS) is 10.5. The molecule has 1 atom stereocenters. The number of ether oxygens (including phenoxy) is 2. The first-order chi connectivity index (χ1) is 34.6. The van der Waals surface area contributed by atoms with E-state index in [1.165, 1.54) is 17.0 Å². The number of imidazole rings is 5. The van der Waals surface area contributed by atoms with Crippen LogP contribution >= 0.6 is 62.3 Å². The van der Waals surface area contributed by atoms with Gasteiger partial charge in [0.05, 0.1) is 11.2 Å². The Bertz CT molecular complexity index is 2740. The zero-order valence-electron chi connectivity index (χ0n) is 45.3. The molecule has 0 aliphatic heterocycles. The summed E-state index contributed by atoms with van der Waals surface area (Å²) in [6, 6.07) is 0. The molecule has 0 saturated carbocycles. The molecule has 0 amide bonds. The zero-order valence-corrected chi connectivity index (χ0v) is 51.5. The van der Waals surface area contributed by atoms with Crippen LogP contribution in [0.3, 0.4) is 0 Å². The summed E-state index contributed by atoms with van der Waals surface area (Å²) in [4.78, 5) is 101. The second-order valence-electron chi connectivity index (χ2n) is 16.8. The van der Waals surface area contributed by atoms with E-state index >= 15 is 0 Å². The average molecular weight is 1310 g/mol. The largest absolute Gasteiger partial charge is 1.00 e. The van der Waals surface area contributed by atoms with Crippen LogP contribution in [0.25, 0.3) is 0 Å². The van der Waals surface area contributed by atoms with E-state index in [9.17, 15) is 60.2 Å². The van der Waals surface area contributed by atoms with Crippen LogP contribution in [0.1, 0.15) is 100 Å². The maximum absolute atomic E-state index is 11.9. The van der Waals surface area contributed by atoms with Crippen molar-refractivity contribution in [1.82, 2.24) is 48.2 Å². The number of carboxylic acids is 1. The van der Waals surface area contributed by atoms with E-state index in [-0.39, 0.29) is 70.7 Å². The number of esters is 2. The van der Waals surface area contributed by atoms with Crippen LogP contribution in [0.4, 0.5) is 29.1 Å². The Morgan fingerprint density at radius 2 is 1.06 bits per heavy atom. The number of aryl methyl sites for hydroxylation is 6. The summed E-state index contributed by atoms with van der Waals surface area (Å²) < 4.78 is 16.3. The van der Waals surface area contributed by atoms with Gasteiger partial charge in [0.25, 0.3) is 5.97 Å². The van der Waals surface area contributed by atoms with Gasteiger partial charge in [-0.2, -0.15) is 0 Å². The van der Waals surface area contributed by atoms with E-state index in [0.29, 0.717) is 45.8 Å². The SMILES string of the molecule is CC(=O)O.CC(C)(C)OC(=O)C(Cl)Cl.Cc1nc([N+](=O)[O-])c(C(Cl)C(=O)OC(C)(C)C)n1C.Cc1nc([N+](=O)[O-])c(CBr)n1C.Cc1nc([N+](=O)[O-])c(CCl)n1C.Cc1nc([N+](=O)[O-])cn1C.Cc1ncc([N+](=O)[O-])[nH]1.[Br-].[Li+]. The molecule has 78 heavy (non-hydrogen) atoms. The number of nitrogens with zero attached hydrogens (tertiary/aromatic N) is 14. The van der Waals surface area contributed by atoms with Gasteiger partial charge < -0.3 is 100 Å². The van der Waals surface area contributed by atoms with Crippen molar-refractivity contribution in [3.05, 3.63) is 109 Å². The molecule has 5 aromatic rings. The van der Waals surface area contributed by atoms with Gasteiger partial charge in [0.1, 0.15) is 40.7 Å². The summed E-state index contributed by atoms with van der Waals surface area (Å²) in [5.41, 5.74) is -0.166. The van der Waals surface area contributed by atoms with Crippen LogP contribution in [-0.4, -0.2) is 112 Å². The maximum atomic E-state index is 11.9. The molecule has 0 aliphatic carbocycles. The van der Waals surface area contributed by atoms with Gasteiger partial charge in [-0.15, -0.1) is 23.2 Å². The van der Waals surface area contributed by atoms with E-state index in [0.717, 1.165) is 6.92 Å². The number of aromatic amines is 1. The number of H-pyrrole nitrogens is 1. The number of halogens is 6. The van der Waals surface area contributed by atoms with Gasteiger partial charge in [0.2, 0.25) is 28.1 Å². The summed E-state index contributed by atoms with van der Waals surface area (Å²) in [5, 5.41) is 58.4. The van der Waals surface area contributed by atoms with Crippen LogP contribution < -0.4 is 35.8 Å². The molecule has 0 bridgehead atoms. The average Bonchev–Trinajstić information content (AvgIpc) is 4.08. The Kier molecular flexibility index (Phi) is 35.9. The minimum absolute atomic E-state index is 0. The van der Waals surface area contributed by atoms with Crippen molar-refractivity contribution < 1.29 is 89.4 Å². The van der Waals surface area contributed by atoms with E-state index in [1.807, 2.05) is 0 Å². The van der Waals surface area contributed by atoms with Gasteiger partial charge in [-0.05, 0) is 86.1 Å². The van der Waals surface area contributed by atoms with E-state index in [2.05, 4.69) is 45.8 Å². The van der Waals surface area contributed by atoms with Crippen LogP contribution in [0.2, 0.25) is 0 Å². The molecule has 0 aliphatic rings. The Morgan fingerprint density at radius 1 is 0.679 bits per heavy atom. The number of aromatic nitrogens is 10. The summed E-state index contributed by atoms with van der Waals surface area (Å²) in [7, 11) is 6.73. The van der Waals surface area contributed by atoms with Crippen molar-refractivity contribution in [2.24, 2.45) is 28.2 Å². The minimum atomic E-state index is -1.27. The first kappa shape index (κ1) is 78.7. The monoisotopic (exact) mass is 1310 g/mol. The van der Waals surface area contributed by atoms with E-state index in [4.69, 9.17) is 65.8 Å². The number of nitro groups is 5. The molecule has 1 unspecified atom stereocenters. The number of hydrogen-bond acceptors (Lipinski definition) is 20. The number of alkyl halides is 5. The second-order valence-corrected chi connectivity index (χ2v) is 19.2. The van der Waals surface area contributed by atoms with Crippen molar-refractivity contribution in [2.45, 2.75) is 116 Å². The number of hydrogen-bond donors (Lipinski definition) is 2. The molecule has 0 fully saturated rings. The third-order valence-corrected chi connectivity index (χ3v) is 10.1. The van der Waals surface area contributed by atoms with Crippen LogP contribution in [-0.2, 0) is 63.3 Å². The van der Waals surface area contributed by atoms with Crippen molar-refractivity contribution >= 4 is 109 Å². The van der Waals surface area contributed by atoms with Crippen molar-refractivity contribution in [2.75, 3.05) is 0 Å². The Labute approximate surface area is 496 Å². The zero-order chi connectivity index (χ0) is 60.1. The smallest absolute Gasteiger partial charge is 1.00 e. The number of carbonyl (C=O) groups is 3. The number of carboxylic acid groups (broad SMARTS) is 1. The summed E-state index contributed by atoms with van der Waals surface area (Å²) in [6.07, 6.45) is 2.57. The number of nitrogens with one attached hydrogen (secondary N) is 1. The molecule has 0 spiro atoms. The number of aliphatic carboxylic acids is 1. The topological polar surface area (TPSA) is 406 Å². The molecular formula is C40H58Br2Cl4LiN15O16. The van der Waals surface area contributed by atoms with Crippen LogP contribution in [0.15, 0.2) is 12.4 Å². The second kappa shape index (κ2) is 35.6.